The molecular formula is C21H20N2O2. The Bertz CT molecular complexity index is 802. The minimum absolute atomic E-state index is 0.0496. The Morgan fingerprint density at radius 3 is 2.48 bits per heavy atom. The van der Waals surface area contributed by atoms with Gasteiger partial charge in [0.2, 0.25) is 0 Å². The van der Waals surface area contributed by atoms with Crippen LogP contribution in [0.4, 0.5) is 0 Å². The number of carbonyl (C=O) groups is 1. The summed E-state index contributed by atoms with van der Waals surface area (Å²) in [4.78, 5) is 16.2. The Kier molecular flexibility index (Phi) is 5.42. The van der Waals surface area contributed by atoms with Gasteiger partial charge in [0.1, 0.15) is 11.9 Å². The zero-order chi connectivity index (χ0) is 17.5. The fraction of sp³-hybridized carbons (Fsp3) is 0.143. The number of nitrogens with zero attached hydrogens (tertiary/aromatic N) is 1. The predicted molar refractivity (Wildman–Crippen MR) is 97.3 cm³/mol. The van der Waals surface area contributed by atoms with E-state index in [0.717, 1.165) is 16.9 Å². The lowest BCUT2D eigenvalue weighted by molar-refractivity contribution is 0.0951. The van der Waals surface area contributed by atoms with Crippen LogP contribution in [-0.4, -0.2) is 10.9 Å². The minimum atomic E-state index is -0.119. The van der Waals surface area contributed by atoms with Gasteiger partial charge in [0, 0.05) is 24.5 Å². The summed E-state index contributed by atoms with van der Waals surface area (Å²) in [5.41, 5.74) is 2.68. The lowest BCUT2D eigenvalue weighted by atomic mass is 10.1. The van der Waals surface area contributed by atoms with Crippen LogP contribution in [-0.2, 0) is 6.54 Å². The Hall–Kier alpha value is -3.14. The molecule has 0 spiro atoms. The Morgan fingerprint density at radius 1 is 1.04 bits per heavy atom. The van der Waals surface area contributed by atoms with Crippen molar-refractivity contribution < 1.29 is 9.53 Å². The molecule has 3 aromatic rings. The van der Waals surface area contributed by atoms with Gasteiger partial charge in [-0.3, -0.25) is 9.78 Å². The summed E-state index contributed by atoms with van der Waals surface area (Å²) >= 11 is 0. The van der Waals surface area contributed by atoms with Crippen LogP contribution in [0.1, 0.15) is 34.5 Å². The van der Waals surface area contributed by atoms with Crippen molar-refractivity contribution in [1.29, 1.82) is 0 Å². The van der Waals surface area contributed by atoms with Crippen LogP contribution in [0.5, 0.6) is 5.75 Å². The van der Waals surface area contributed by atoms with E-state index >= 15 is 0 Å². The Morgan fingerprint density at radius 2 is 1.80 bits per heavy atom. The van der Waals surface area contributed by atoms with E-state index in [1.54, 1.807) is 24.5 Å². The summed E-state index contributed by atoms with van der Waals surface area (Å²) in [6.07, 6.45) is 3.40. The highest BCUT2D eigenvalue weighted by Crippen LogP contribution is 2.21. The first-order chi connectivity index (χ1) is 12.2. The molecule has 1 heterocycles. The molecule has 0 aliphatic heterocycles. The first-order valence-corrected chi connectivity index (χ1v) is 8.21. The summed E-state index contributed by atoms with van der Waals surface area (Å²) in [5, 5.41) is 2.88. The van der Waals surface area contributed by atoms with Gasteiger partial charge in [-0.1, -0.05) is 36.4 Å². The van der Waals surface area contributed by atoms with Crippen LogP contribution in [0.15, 0.2) is 79.1 Å². The van der Waals surface area contributed by atoms with Crippen LogP contribution >= 0.6 is 0 Å². The third-order valence-electron chi connectivity index (χ3n) is 3.87. The van der Waals surface area contributed by atoms with Gasteiger partial charge in [-0.25, -0.2) is 0 Å². The van der Waals surface area contributed by atoms with E-state index in [1.165, 1.54) is 0 Å². The zero-order valence-electron chi connectivity index (χ0n) is 14.1. The number of hydrogen-bond acceptors (Lipinski definition) is 3. The number of carbonyl (C=O) groups excluding carboxylic acids is 1. The van der Waals surface area contributed by atoms with Crippen molar-refractivity contribution in [3.05, 3.63) is 95.8 Å². The lowest BCUT2D eigenvalue weighted by Gasteiger charge is -2.15. The smallest absolute Gasteiger partial charge is 0.251 e. The molecule has 1 amide bonds. The summed E-state index contributed by atoms with van der Waals surface area (Å²) in [7, 11) is 0. The molecule has 1 aromatic heterocycles. The highest BCUT2D eigenvalue weighted by molar-refractivity contribution is 5.94. The number of hydrogen-bond donors (Lipinski definition) is 1. The van der Waals surface area contributed by atoms with Gasteiger partial charge in [-0.2, -0.15) is 0 Å². The zero-order valence-corrected chi connectivity index (χ0v) is 14.1. The molecule has 0 aliphatic carbocycles. The second-order valence-corrected chi connectivity index (χ2v) is 5.74. The number of pyridine rings is 1. The largest absolute Gasteiger partial charge is 0.486 e. The van der Waals surface area contributed by atoms with E-state index in [0.29, 0.717) is 12.1 Å². The number of benzene rings is 2. The molecule has 0 fully saturated rings. The molecule has 4 heteroatoms. The van der Waals surface area contributed by atoms with E-state index < -0.39 is 0 Å². The molecular weight excluding hydrogens is 312 g/mol. The van der Waals surface area contributed by atoms with Crippen LogP contribution in [0.3, 0.4) is 0 Å². The van der Waals surface area contributed by atoms with Gasteiger partial charge in [-0.05, 0) is 48.4 Å². The van der Waals surface area contributed by atoms with Crippen molar-refractivity contribution in [3.8, 4) is 5.75 Å². The second kappa shape index (κ2) is 8.11. The van der Waals surface area contributed by atoms with Crippen molar-refractivity contribution in [3.63, 3.8) is 0 Å². The fourth-order valence-electron chi connectivity index (χ4n) is 2.47. The molecule has 0 unspecified atom stereocenters. The van der Waals surface area contributed by atoms with Crippen LogP contribution in [0.2, 0.25) is 0 Å². The Balaban J connectivity index is 1.57. The number of amides is 1. The van der Waals surface area contributed by atoms with Crippen LogP contribution < -0.4 is 10.1 Å². The normalized spacial score (nSPS) is 11.6. The summed E-state index contributed by atoms with van der Waals surface area (Å²) < 4.78 is 5.92. The first kappa shape index (κ1) is 16.7. The minimum Gasteiger partial charge on any atom is -0.486 e. The maximum absolute atomic E-state index is 12.2. The van der Waals surface area contributed by atoms with E-state index in [2.05, 4.69) is 10.3 Å². The van der Waals surface area contributed by atoms with Crippen molar-refractivity contribution in [1.82, 2.24) is 10.3 Å². The van der Waals surface area contributed by atoms with Crippen molar-refractivity contribution in [2.75, 3.05) is 0 Å². The second-order valence-electron chi connectivity index (χ2n) is 5.74. The average molecular weight is 332 g/mol. The summed E-state index contributed by atoms with van der Waals surface area (Å²) in [6.45, 7) is 2.46. The van der Waals surface area contributed by atoms with Gasteiger partial charge in [0.05, 0.1) is 0 Å². The van der Waals surface area contributed by atoms with Crippen LogP contribution in [0.25, 0.3) is 0 Å². The summed E-state index contributed by atoms with van der Waals surface area (Å²) in [6, 6.07) is 21.0. The quantitative estimate of drug-likeness (QED) is 0.738. The fourth-order valence-corrected chi connectivity index (χ4v) is 2.47. The van der Waals surface area contributed by atoms with Crippen molar-refractivity contribution >= 4 is 5.91 Å². The lowest BCUT2D eigenvalue weighted by Crippen LogP contribution is -2.22. The van der Waals surface area contributed by atoms with Gasteiger partial charge >= 0.3 is 0 Å². The number of nitrogens with one attached hydrogen (secondary N) is 1. The predicted octanol–water partition coefficient (Wildman–Crippen LogP) is 4.15. The number of ether oxygens (including phenoxy) is 1. The maximum atomic E-state index is 12.2. The van der Waals surface area contributed by atoms with E-state index in [1.807, 2.05) is 61.5 Å². The van der Waals surface area contributed by atoms with E-state index in [9.17, 15) is 4.79 Å². The number of rotatable bonds is 6. The van der Waals surface area contributed by atoms with E-state index in [4.69, 9.17) is 4.74 Å². The van der Waals surface area contributed by atoms with Gasteiger partial charge in [0.25, 0.3) is 5.91 Å². The molecule has 4 nitrogen and oxygen atoms in total. The summed E-state index contributed by atoms with van der Waals surface area (Å²) in [5.74, 6) is 0.617. The molecule has 25 heavy (non-hydrogen) atoms. The first-order valence-electron chi connectivity index (χ1n) is 8.21. The monoisotopic (exact) mass is 332 g/mol. The molecule has 3 rings (SSSR count). The average Bonchev–Trinajstić information content (AvgIpc) is 2.68. The maximum Gasteiger partial charge on any atom is 0.251 e. The number of aromatic nitrogens is 1. The molecule has 1 atom stereocenters. The Labute approximate surface area is 147 Å². The molecule has 0 bridgehead atoms. The molecule has 0 saturated heterocycles. The topological polar surface area (TPSA) is 51.2 Å². The van der Waals surface area contributed by atoms with Gasteiger partial charge in [-0.15, -0.1) is 0 Å². The van der Waals surface area contributed by atoms with Crippen molar-refractivity contribution in [2.24, 2.45) is 0 Å². The molecule has 0 aliphatic rings. The standard InChI is InChI=1S/C21H20N2O2/c1-16(18-7-3-2-4-8-18)25-20-11-9-19(10-12-20)21(24)23-15-17-6-5-13-22-14-17/h2-14,16H,15H2,1H3,(H,23,24)/t16-/m0/s1. The van der Waals surface area contributed by atoms with Crippen LogP contribution in [0, 0.1) is 0 Å². The molecule has 2 aromatic carbocycles. The molecule has 0 radical (unpaired) electrons. The molecule has 126 valence electrons. The van der Waals surface area contributed by atoms with Gasteiger partial charge in [0.15, 0.2) is 0 Å². The molecule has 1 N–H and O–H groups in total. The van der Waals surface area contributed by atoms with Gasteiger partial charge < -0.3 is 10.1 Å². The van der Waals surface area contributed by atoms with Crippen molar-refractivity contribution in [2.45, 2.75) is 19.6 Å². The van der Waals surface area contributed by atoms with E-state index in [-0.39, 0.29) is 12.0 Å². The third-order valence-corrected chi connectivity index (χ3v) is 3.87. The third kappa shape index (κ3) is 4.67. The SMILES string of the molecule is C[C@H](Oc1ccc(C(=O)NCc2cccnc2)cc1)c1ccccc1. The highest BCUT2D eigenvalue weighted by Gasteiger charge is 2.09. The molecule has 0 saturated carbocycles. The highest BCUT2D eigenvalue weighted by atomic mass is 16.5.